The summed E-state index contributed by atoms with van der Waals surface area (Å²) in [7, 11) is 0. The number of H-pyrrole nitrogens is 1. The van der Waals surface area contributed by atoms with E-state index in [1.54, 1.807) is 12.4 Å². The molecule has 4 heteroatoms. The van der Waals surface area contributed by atoms with Gasteiger partial charge in [-0.2, -0.15) is 0 Å². The van der Waals surface area contributed by atoms with Crippen LogP contribution in [0.15, 0.2) is 18.5 Å². The minimum absolute atomic E-state index is 0.491. The standard InChI is InChI=1S/C8H8ClN3/c9-7-4-12-8-6(7)1-5(2-10)3-11-8/h1,3-4H,2,10H2,(H,11,12). The highest BCUT2D eigenvalue weighted by molar-refractivity contribution is 6.35. The predicted molar refractivity (Wildman–Crippen MR) is 49.0 cm³/mol. The van der Waals surface area contributed by atoms with Crippen LogP contribution in [0.3, 0.4) is 0 Å². The van der Waals surface area contributed by atoms with Crippen LogP contribution in [0.25, 0.3) is 11.0 Å². The Balaban J connectivity index is 2.71. The number of hydrogen-bond donors (Lipinski definition) is 2. The van der Waals surface area contributed by atoms with Crippen molar-refractivity contribution < 1.29 is 0 Å². The van der Waals surface area contributed by atoms with Crippen LogP contribution < -0.4 is 5.73 Å². The van der Waals surface area contributed by atoms with E-state index in [4.69, 9.17) is 17.3 Å². The molecular formula is C8H8ClN3. The molecule has 0 atom stereocenters. The average molecular weight is 182 g/mol. The molecule has 2 aromatic rings. The van der Waals surface area contributed by atoms with Crippen LogP contribution in [0, 0.1) is 0 Å². The highest BCUT2D eigenvalue weighted by atomic mass is 35.5. The lowest BCUT2D eigenvalue weighted by Gasteiger charge is -1.95. The lowest BCUT2D eigenvalue weighted by molar-refractivity contribution is 1.06. The van der Waals surface area contributed by atoms with Crippen LogP contribution in [0.5, 0.6) is 0 Å². The highest BCUT2D eigenvalue weighted by Gasteiger charge is 2.01. The summed E-state index contributed by atoms with van der Waals surface area (Å²) < 4.78 is 0. The van der Waals surface area contributed by atoms with Gasteiger partial charge < -0.3 is 10.7 Å². The van der Waals surface area contributed by atoms with E-state index in [1.165, 1.54) is 0 Å². The van der Waals surface area contributed by atoms with Crippen molar-refractivity contribution in [1.29, 1.82) is 0 Å². The molecule has 0 radical (unpaired) electrons. The summed E-state index contributed by atoms with van der Waals surface area (Å²) >= 11 is 5.89. The van der Waals surface area contributed by atoms with Gasteiger partial charge in [-0.25, -0.2) is 4.98 Å². The fourth-order valence-corrected chi connectivity index (χ4v) is 1.32. The third-order valence-electron chi connectivity index (χ3n) is 1.77. The molecule has 0 saturated carbocycles. The third kappa shape index (κ3) is 1.07. The van der Waals surface area contributed by atoms with Gasteiger partial charge in [0, 0.05) is 24.3 Å². The topological polar surface area (TPSA) is 54.7 Å². The van der Waals surface area contributed by atoms with Crippen molar-refractivity contribution in [2.75, 3.05) is 0 Å². The first-order valence-corrected chi connectivity index (χ1v) is 4.00. The molecule has 0 unspecified atom stereocenters. The molecule has 62 valence electrons. The summed E-state index contributed by atoms with van der Waals surface area (Å²) in [6, 6.07) is 1.95. The Morgan fingerprint density at radius 3 is 3.17 bits per heavy atom. The van der Waals surface area contributed by atoms with Crippen LogP contribution in [-0.4, -0.2) is 9.97 Å². The number of nitrogens with two attached hydrogens (primary N) is 1. The number of aromatic nitrogens is 2. The van der Waals surface area contributed by atoms with E-state index in [1.807, 2.05) is 6.07 Å². The lowest BCUT2D eigenvalue weighted by atomic mass is 10.2. The number of nitrogens with zero attached hydrogens (tertiary/aromatic N) is 1. The molecule has 0 aliphatic carbocycles. The van der Waals surface area contributed by atoms with Gasteiger partial charge in [0.05, 0.1) is 5.02 Å². The first kappa shape index (κ1) is 7.58. The average Bonchev–Trinajstić information content (AvgIpc) is 2.47. The number of nitrogens with one attached hydrogen (secondary N) is 1. The van der Waals surface area contributed by atoms with Crippen molar-refractivity contribution in [3.63, 3.8) is 0 Å². The summed E-state index contributed by atoms with van der Waals surface area (Å²) in [5.74, 6) is 0. The minimum Gasteiger partial charge on any atom is -0.345 e. The van der Waals surface area contributed by atoms with Gasteiger partial charge in [-0.1, -0.05) is 11.6 Å². The van der Waals surface area contributed by atoms with E-state index in [0.29, 0.717) is 11.6 Å². The van der Waals surface area contributed by atoms with Gasteiger partial charge in [-0.05, 0) is 11.6 Å². The quantitative estimate of drug-likeness (QED) is 0.703. The van der Waals surface area contributed by atoms with E-state index in [9.17, 15) is 0 Å². The zero-order valence-electron chi connectivity index (χ0n) is 6.34. The molecule has 0 aliphatic heterocycles. The van der Waals surface area contributed by atoms with Crippen molar-refractivity contribution in [1.82, 2.24) is 9.97 Å². The van der Waals surface area contributed by atoms with Crippen molar-refractivity contribution in [2.24, 2.45) is 5.73 Å². The first-order chi connectivity index (χ1) is 5.81. The molecule has 0 bridgehead atoms. The van der Waals surface area contributed by atoms with Crippen LogP contribution >= 0.6 is 11.6 Å². The smallest absolute Gasteiger partial charge is 0.138 e. The second-order valence-corrected chi connectivity index (χ2v) is 2.99. The Bertz CT molecular complexity index is 408. The van der Waals surface area contributed by atoms with Gasteiger partial charge in [0.15, 0.2) is 0 Å². The summed E-state index contributed by atoms with van der Waals surface area (Å²) in [5, 5.41) is 1.62. The SMILES string of the molecule is NCc1cnc2[nH]cc(Cl)c2c1. The van der Waals surface area contributed by atoms with Gasteiger partial charge in [0.25, 0.3) is 0 Å². The summed E-state index contributed by atoms with van der Waals surface area (Å²) in [5.41, 5.74) is 7.26. The van der Waals surface area contributed by atoms with Gasteiger partial charge in [-0.15, -0.1) is 0 Å². The Hall–Kier alpha value is -1.06. The summed E-state index contributed by atoms with van der Waals surface area (Å²) in [6.45, 7) is 0.491. The largest absolute Gasteiger partial charge is 0.345 e. The molecule has 0 aromatic carbocycles. The molecule has 2 aromatic heterocycles. The van der Waals surface area contributed by atoms with Gasteiger partial charge in [0.1, 0.15) is 5.65 Å². The molecule has 12 heavy (non-hydrogen) atoms. The molecule has 0 fully saturated rings. The fourth-order valence-electron chi connectivity index (χ4n) is 1.13. The molecule has 0 spiro atoms. The first-order valence-electron chi connectivity index (χ1n) is 3.63. The number of hydrogen-bond acceptors (Lipinski definition) is 2. The van der Waals surface area contributed by atoms with E-state index < -0.39 is 0 Å². The maximum absolute atomic E-state index is 5.89. The van der Waals surface area contributed by atoms with Crippen molar-refractivity contribution in [3.8, 4) is 0 Å². The fraction of sp³-hybridized carbons (Fsp3) is 0.125. The summed E-state index contributed by atoms with van der Waals surface area (Å²) in [4.78, 5) is 7.11. The Morgan fingerprint density at radius 1 is 1.58 bits per heavy atom. The van der Waals surface area contributed by atoms with E-state index >= 15 is 0 Å². The second-order valence-electron chi connectivity index (χ2n) is 2.58. The zero-order valence-corrected chi connectivity index (χ0v) is 7.10. The second kappa shape index (κ2) is 2.77. The number of pyridine rings is 1. The Kier molecular flexibility index (Phi) is 1.75. The van der Waals surface area contributed by atoms with E-state index in [-0.39, 0.29) is 0 Å². The monoisotopic (exact) mass is 181 g/mol. The van der Waals surface area contributed by atoms with Crippen LogP contribution in [0.2, 0.25) is 5.02 Å². The predicted octanol–water partition coefficient (Wildman–Crippen LogP) is 1.67. The molecule has 0 amide bonds. The molecule has 2 heterocycles. The Labute approximate surface area is 74.5 Å². The van der Waals surface area contributed by atoms with Crippen molar-refractivity contribution >= 4 is 22.6 Å². The molecule has 0 saturated heterocycles. The highest BCUT2D eigenvalue weighted by Crippen LogP contribution is 2.21. The number of halogens is 1. The lowest BCUT2D eigenvalue weighted by Crippen LogP contribution is -1.96. The molecule has 3 N–H and O–H groups in total. The van der Waals surface area contributed by atoms with Crippen molar-refractivity contribution in [2.45, 2.75) is 6.54 Å². The van der Waals surface area contributed by atoms with Crippen LogP contribution in [-0.2, 0) is 6.54 Å². The summed E-state index contributed by atoms with van der Waals surface area (Å²) in [6.07, 6.45) is 3.47. The zero-order chi connectivity index (χ0) is 8.55. The maximum Gasteiger partial charge on any atom is 0.138 e. The third-order valence-corrected chi connectivity index (χ3v) is 2.09. The maximum atomic E-state index is 5.89. The minimum atomic E-state index is 0.491. The van der Waals surface area contributed by atoms with Gasteiger partial charge in [0.2, 0.25) is 0 Å². The van der Waals surface area contributed by atoms with Gasteiger partial charge >= 0.3 is 0 Å². The van der Waals surface area contributed by atoms with Gasteiger partial charge in [-0.3, -0.25) is 0 Å². The molecular weight excluding hydrogens is 174 g/mol. The normalized spacial score (nSPS) is 10.8. The molecule has 3 nitrogen and oxygen atoms in total. The molecule has 0 aliphatic rings. The van der Waals surface area contributed by atoms with Crippen LogP contribution in [0.4, 0.5) is 0 Å². The van der Waals surface area contributed by atoms with Crippen LogP contribution in [0.1, 0.15) is 5.56 Å². The number of aromatic amines is 1. The molecule has 2 rings (SSSR count). The Morgan fingerprint density at radius 2 is 2.42 bits per heavy atom. The number of rotatable bonds is 1. The van der Waals surface area contributed by atoms with Crippen molar-refractivity contribution in [3.05, 3.63) is 29.0 Å². The van der Waals surface area contributed by atoms with E-state index in [2.05, 4.69) is 9.97 Å². The number of fused-ring (bicyclic) bond motifs is 1. The van der Waals surface area contributed by atoms with E-state index in [0.717, 1.165) is 16.6 Å².